The molecule has 144 valence electrons. The Bertz CT molecular complexity index is 413. The molecule has 0 saturated heterocycles. The average molecular weight is 365 g/mol. The van der Waals surface area contributed by atoms with Crippen LogP contribution in [-0.4, -0.2) is 56.2 Å². The van der Waals surface area contributed by atoms with E-state index in [9.17, 15) is 13.2 Å². The van der Waals surface area contributed by atoms with Crippen LogP contribution in [0.4, 0.5) is 0 Å². The van der Waals surface area contributed by atoms with E-state index in [2.05, 4.69) is 12.2 Å². The molecule has 0 aromatic heterocycles. The summed E-state index contributed by atoms with van der Waals surface area (Å²) in [6.45, 7) is 3.30. The van der Waals surface area contributed by atoms with Crippen LogP contribution < -0.4 is 5.32 Å². The van der Waals surface area contributed by atoms with Crippen LogP contribution in [0, 0.1) is 0 Å². The van der Waals surface area contributed by atoms with Crippen molar-refractivity contribution in [2.24, 2.45) is 0 Å². The van der Waals surface area contributed by atoms with Gasteiger partial charge in [0.05, 0.1) is 12.3 Å². The van der Waals surface area contributed by atoms with Crippen LogP contribution in [0.3, 0.4) is 0 Å². The number of hydrogen-bond acceptors (Lipinski definition) is 4. The summed E-state index contributed by atoms with van der Waals surface area (Å²) >= 11 is 0. The van der Waals surface area contributed by atoms with Gasteiger partial charge in [0.1, 0.15) is 0 Å². The molecule has 0 fully saturated rings. The zero-order valence-electron chi connectivity index (χ0n) is 15.4. The first kappa shape index (κ1) is 23.3. The third-order valence-electron chi connectivity index (χ3n) is 3.99. The molecule has 24 heavy (non-hydrogen) atoms. The fourth-order valence-electron chi connectivity index (χ4n) is 2.57. The maximum Gasteiger partial charge on any atom is 0.266 e. The van der Waals surface area contributed by atoms with Crippen molar-refractivity contribution in [2.75, 3.05) is 32.4 Å². The molecule has 7 heteroatoms. The van der Waals surface area contributed by atoms with Crippen LogP contribution in [0.15, 0.2) is 0 Å². The molecule has 0 atom stereocenters. The normalized spacial score (nSPS) is 11.8. The number of unbranched alkanes of at least 4 members (excludes halogenated alkanes) is 9. The van der Waals surface area contributed by atoms with Crippen LogP contribution in [0.25, 0.3) is 0 Å². The Morgan fingerprint density at radius 3 is 1.96 bits per heavy atom. The molecule has 1 amide bonds. The number of amides is 1. The van der Waals surface area contributed by atoms with Gasteiger partial charge in [0, 0.05) is 6.54 Å². The molecule has 0 aromatic rings. The third kappa shape index (κ3) is 17.7. The van der Waals surface area contributed by atoms with Gasteiger partial charge in [-0.05, 0) is 20.0 Å². The Labute approximate surface area is 148 Å². The van der Waals surface area contributed by atoms with E-state index < -0.39 is 15.9 Å². The zero-order chi connectivity index (χ0) is 18.3. The maximum atomic E-state index is 11.6. The van der Waals surface area contributed by atoms with Gasteiger partial charge in [-0.15, -0.1) is 0 Å². The van der Waals surface area contributed by atoms with E-state index in [4.69, 9.17) is 4.55 Å². The molecule has 0 aliphatic carbocycles. The summed E-state index contributed by atoms with van der Waals surface area (Å²) in [7, 11) is -2.12. The molecule has 0 aliphatic rings. The minimum Gasteiger partial charge on any atom is -0.354 e. The van der Waals surface area contributed by atoms with Gasteiger partial charge >= 0.3 is 0 Å². The summed E-state index contributed by atoms with van der Waals surface area (Å²) in [6.07, 6.45) is 12.9. The lowest BCUT2D eigenvalue weighted by molar-refractivity contribution is -0.121. The minimum absolute atomic E-state index is 0.0518. The molecule has 0 radical (unpaired) electrons. The van der Waals surface area contributed by atoms with Crippen molar-refractivity contribution in [1.29, 1.82) is 0 Å². The number of nitrogens with zero attached hydrogens (tertiary/aromatic N) is 1. The second kappa shape index (κ2) is 14.7. The van der Waals surface area contributed by atoms with E-state index >= 15 is 0 Å². The molecule has 6 nitrogen and oxygen atoms in total. The molecule has 0 saturated carbocycles. The number of rotatable bonds is 16. The van der Waals surface area contributed by atoms with Crippen molar-refractivity contribution in [3.05, 3.63) is 0 Å². The molecular weight excluding hydrogens is 328 g/mol. The number of nitrogens with one attached hydrogen (secondary N) is 1. The smallest absolute Gasteiger partial charge is 0.266 e. The zero-order valence-corrected chi connectivity index (χ0v) is 16.2. The molecule has 0 heterocycles. The van der Waals surface area contributed by atoms with Crippen molar-refractivity contribution in [3.63, 3.8) is 0 Å². The van der Waals surface area contributed by atoms with Crippen LogP contribution >= 0.6 is 0 Å². The van der Waals surface area contributed by atoms with Crippen LogP contribution in [0.1, 0.15) is 71.1 Å². The fourth-order valence-corrected chi connectivity index (χ4v) is 2.93. The molecule has 0 rings (SSSR count). The monoisotopic (exact) mass is 364 g/mol. The highest BCUT2D eigenvalue weighted by Gasteiger charge is 2.08. The molecule has 0 aromatic carbocycles. The maximum absolute atomic E-state index is 11.6. The van der Waals surface area contributed by atoms with Crippen LogP contribution in [0.5, 0.6) is 0 Å². The Kier molecular flexibility index (Phi) is 14.3. The predicted octanol–water partition coefficient (Wildman–Crippen LogP) is 2.84. The highest BCUT2D eigenvalue weighted by atomic mass is 32.2. The van der Waals surface area contributed by atoms with Crippen molar-refractivity contribution >= 4 is 16.0 Å². The Hall–Kier alpha value is -0.660. The first-order valence-corrected chi connectivity index (χ1v) is 10.9. The van der Waals surface area contributed by atoms with Gasteiger partial charge in [-0.3, -0.25) is 14.2 Å². The van der Waals surface area contributed by atoms with E-state index in [0.717, 1.165) is 13.0 Å². The predicted molar refractivity (Wildman–Crippen MR) is 98.8 cm³/mol. The lowest BCUT2D eigenvalue weighted by atomic mass is 10.1. The SMILES string of the molecule is CCCCCCCCCCCCN(C)CC(=O)NCCS(=O)(=O)O. The van der Waals surface area contributed by atoms with E-state index in [0.29, 0.717) is 0 Å². The van der Waals surface area contributed by atoms with Gasteiger partial charge in [0.15, 0.2) is 0 Å². The molecule has 0 bridgehead atoms. The van der Waals surface area contributed by atoms with Crippen molar-refractivity contribution in [1.82, 2.24) is 10.2 Å². The Morgan fingerprint density at radius 1 is 0.958 bits per heavy atom. The van der Waals surface area contributed by atoms with Crippen LogP contribution in [0.2, 0.25) is 0 Å². The largest absolute Gasteiger partial charge is 0.354 e. The van der Waals surface area contributed by atoms with Crippen molar-refractivity contribution in [3.8, 4) is 0 Å². The molecule has 0 aliphatic heterocycles. The first-order valence-electron chi connectivity index (χ1n) is 9.25. The average Bonchev–Trinajstić information content (AvgIpc) is 2.47. The summed E-state index contributed by atoms with van der Waals surface area (Å²) in [5.41, 5.74) is 0. The number of carbonyl (C=O) groups is 1. The highest BCUT2D eigenvalue weighted by Crippen LogP contribution is 2.10. The van der Waals surface area contributed by atoms with Gasteiger partial charge in [-0.1, -0.05) is 64.7 Å². The highest BCUT2D eigenvalue weighted by molar-refractivity contribution is 7.85. The van der Waals surface area contributed by atoms with Gasteiger partial charge in [0.25, 0.3) is 10.1 Å². The molecule has 0 unspecified atom stereocenters. The first-order chi connectivity index (χ1) is 11.3. The number of likely N-dealkylation sites (N-methyl/N-ethyl adjacent to an activating group) is 1. The quantitative estimate of drug-likeness (QED) is 0.325. The number of hydrogen-bond donors (Lipinski definition) is 2. The lowest BCUT2D eigenvalue weighted by Gasteiger charge is -2.16. The third-order valence-corrected chi connectivity index (χ3v) is 4.71. The van der Waals surface area contributed by atoms with Gasteiger partial charge in [-0.25, -0.2) is 0 Å². The minimum atomic E-state index is -4.01. The number of carbonyl (C=O) groups excluding carboxylic acids is 1. The van der Waals surface area contributed by atoms with E-state index in [-0.39, 0.29) is 19.0 Å². The lowest BCUT2D eigenvalue weighted by Crippen LogP contribution is -2.37. The van der Waals surface area contributed by atoms with E-state index in [1.807, 2.05) is 11.9 Å². The summed E-state index contributed by atoms with van der Waals surface area (Å²) in [5.74, 6) is -0.658. The van der Waals surface area contributed by atoms with E-state index in [1.54, 1.807) is 0 Å². The van der Waals surface area contributed by atoms with Crippen LogP contribution in [-0.2, 0) is 14.9 Å². The van der Waals surface area contributed by atoms with Gasteiger partial charge < -0.3 is 5.32 Å². The second-order valence-corrected chi connectivity index (χ2v) is 8.13. The second-order valence-electron chi connectivity index (χ2n) is 6.56. The van der Waals surface area contributed by atoms with Crippen molar-refractivity contribution in [2.45, 2.75) is 71.1 Å². The van der Waals surface area contributed by atoms with E-state index in [1.165, 1.54) is 57.8 Å². The van der Waals surface area contributed by atoms with Crippen molar-refractivity contribution < 1.29 is 17.8 Å². The molecule has 2 N–H and O–H groups in total. The standard InChI is InChI=1S/C17H36N2O4S/c1-3-4-5-6-7-8-9-10-11-12-14-19(2)16-17(20)18-13-15-24(21,22)23/h3-16H2,1-2H3,(H,18,20)(H,21,22,23). The summed E-state index contributed by atoms with van der Waals surface area (Å²) < 4.78 is 29.7. The molecular formula is C17H36N2O4S. The topological polar surface area (TPSA) is 86.7 Å². The van der Waals surface area contributed by atoms with Gasteiger partial charge in [0.2, 0.25) is 5.91 Å². The fraction of sp³-hybridized carbons (Fsp3) is 0.941. The Morgan fingerprint density at radius 2 is 1.46 bits per heavy atom. The summed E-state index contributed by atoms with van der Waals surface area (Å²) in [6, 6.07) is 0. The van der Waals surface area contributed by atoms with Gasteiger partial charge in [-0.2, -0.15) is 8.42 Å². The summed E-state index contributed by atoms with van der Waals surface area (Å²) in [4.78, 5) is 13.5. The summed E-state index contributed by atoms with van der Waals surface area (Å²) in [5, 5.41) is 2.49. The molecule has 0 spiro atoms. The Balaban J connectivity index is 3.42.